The van der Waals surface area contributed by atoms with Gasteiger partial charge in [0.05, 0.1) is 17.5 Å². The molecular formula is C23H26FN3O. The minimum atomic E-state index is -0.241. The number of likely N-dealkylation sites (tertiary alicyclic amines) is 1. The van der Waals surface area contributed by atoms with Gasteiger partial charge in [-0.2, -0.15) is 5.10 Å². The summed E-state index contributed by atoms with van der Waals surface area (Å²) in [5.41, 5.74) is 4.97. The van der Waals surface area contributed by atoms with Crippen LogP contribution in [0.4, 0.5) is 4.39 Å². The van der Waals surface area contributed by atoms with Gasteiger partial charge >= 0.3 is 0 Å². The third kappa shape index (κ3) is 4.16. The lowest BCUT2D eigenvalue weighted by Gasteiger charge is -2.31. The molecular weight excluding hydrogens is 353 g/mol. The van der Waals surface area contributed by atoms with Crippen LogP contribution in [0.15, 0.2) is 54.7 Å². The predicted octanol–water partition coefficient (Wildman–Crippen LogP) is 4.60. The zero-order valence-electron chi connectivity index (χ0n) is 16.4. The summed E-state index contributed by atoms with van der Waals surface area (Å²) in [4.78, 5) is 2.43. The molecule has 0 amide bonds. The molecule has 28 heavy (non-hydrogen) atoms. The van der Waals surface area contributed by atoms with Gasteiger partial charge in [0.2, 0.25) is 0 Å². The fourth-order valence-electron chi connectivity index (χ4n) is 3.85. The highest BCUT2D eigenvalue weighted by molar-refractivity contribution is 5.63. The summed E-state index contributed by atoms with van der Waals surface area (Å²) in [6.45, 7) is 4.86. The summed E-state index contributed by atoms with van der Waals surface area (Å²) in [6, 6.07) is 14.9. The first-order valence-electron chi connectivity index (χ1n) is 9.79. The Morgan fingerprint density at radius 2 is 1.89 bits per heavy atom. The van der Waals surface area contributed by atoms with E-state index in [4.69, 9.17) is 9.84 Å². The lowest BCUT2D eigenvalue weighted by atomic mass is 10.0. The van der Waals surface area contributed by atoms with E-state index in [2.05, 4.69) is 30.2 Å². The van der Waals surface area contributed by atoms with Gasteiger partial charge < -0.3 is 4.74 Å². The average molecular weight is 379 g/mol. The maximum Gasteiger partial charge on any atom is 0.123 e. The Labute approximate surface area is 165 Å². The molecule has 1 aromatic heterocycles. The van der Waals surface area contributed by atoms with Gasteiger partial charge in [0, 0.05) is 44.1 Å². The molecule has 0 unspecified atom stereocenters. The molecule has 0 radical (unpaired) electrons. The van der Waals surface area contributed by atoms with Crippen LogP contribution < -0.4 is 0 Å². The van der Waals surface area contributed by atoms with Crippen molar-refractivity contribution in [2.24, 2.45) is 0 Å². The molecule has 5 heteroatoms. The molecule has 1 aliphatic rings. The Bertz CT molecular complexity index is 945. The van der Waals surface area contributed by atoms with E-state index in [1.165, 1.54) is 11.6 Å². The first-order valence-corrected chi connectivity index (χ1v) is 9.79. The third-order valence-electron chi connectivity index (χ3n) is 5.42. The van der Waals surface area contributed by atoms with Crippen molar-refractivity contribution in [3.8, 4) is 16.9 Å². The van der Waals surface area contributed by atoms with Crippen LogP contribution in [0.5, 0.6) is 0 Å². The van der Waals surface area contributed by atoms with Crippen molar-refractivity contribution in [1.29, 1.82) is 0 Å². The second kappa shape index (κ2) is 8.25. The van der Waals surface area contributed by atoms with Gasteiger partial charge in [-0.05, 0) is 49.6 Å². The van der Waals surface area contributed by atoms with Crippen molar-refractivity contribution in [2.75, 3.05) is 20.2 Å². The van der Waals surface area contributed by atoms with Gasteiger partial charge in [-0.25, -0.2) is 9.07 Å². The highest BCUT2D eigenvalue weighted by Gasteiger charge is 2.21. The van der Waals surface area contributed by atoms with Crippen molar-refractivity contribution in [2.45, 2.75) is 32.4 Å². The molecule has 1 saturated heterocycles. The second-order valence-corrected chi connectivity index (χ2v) is 7.51. The first-order chi connectivity index (χ1) is 13.6. The molecule has 1 fully saturated rings. The third-order valence-corrected chi connectivity index (χ3v) is 5.42. The van der Waals surface area contributed by atoms with E-state index >= 15 is 0 Å². The summed E-state index contributed by atoms with van der Waals surface area (Å²) in [5.74, 6) is -0.241. The van der Waals surface area contributed by atoms with Gasteiger partial charge in [0.25, 0.3) is 0 Å². The Hall–Kier alpha value is -2.50. The minimum absolute atomic E-state index is 0.241. The van der Waals surface area contributed by atoms with Crippen LogP contribution in [0.25, 0.3) is 16.9 Å². The maximum atomic E-state index is 13.8. The van der Waals surface area contributed by atoms with E-state index in [1.807, 2.05) is 22.9 Å². The zero-order valence-corrected chi connectivity index (χ0v) is 16.4. The summed E-state index contributed by atoms with van der Waals surface area (Å²) in [7, 11) is 1.79. The lowest BCUT2D eigenvalue weighted by Crippen LogP contribution is -2.36. The number of rotatable bonds is 5. The Kier molecular flexibility index (Phi) is 5.55. The zero-order chi connectivity index (χ0) is 19.5. The summed E-state index contributed by atoms with van der Waals surface area (Å²) in [6.07, 6.45) is 4.52. The van der Waals surface area contributed by atoms with Crippen LogP contribution in [0, 0.1) is 12.7 Å². The molecule has 3 aromatic rings. The van der Waals surface area contributed by atoms with E-state index in [9.17, 15) is 4.39 Å². The fraction of sp³-hybridized carbons (Fsp3) is 0.348. The van der Waals surface area contributed by atoms with Crippen molar-refractivity contribution < 1.29 is 9.13 Å². The van der Waals surface area contributed by atoms with Crippen molar-refractivity contribution in [3.05, 3.63) is 71.7 Å². The normalized spacial score (nSPS) is 15.8. The van der Waals surface area contributed by atoms with Crippen LogP contribution in [0.2, 0.25) is 0 Å². The summed E-state index contributed by atoms with van der Waals surface area (Å²) in [5, 5.41) is 4.83. The molecule has 0 spiro atoms. The number of methoxy groups -OCH3 is 1. The van der Waals surface area contributed by atoms with Crippen LogP contribution in [-0.4, -0.2) is 41.0 Å². The summed E-state index contributed by atoms with van der Waals surface area (Å²) >= 11 is 0. The number of aromatic nitrogens is 2. The molecule has 0 saturated carbocycles. The number of piperidine rings is 1. The van der Waals surface area contributed by atoms with Crippen LogP contribution in [-0.2, 0) is 11.3 Å². The first kappa shape index (κ1) is 18.8. The number of ether oxygens (including phenoxy) is 1. The van der Waals surface area contributed by atoms with E-state index < -0.39 is 0 Å². The molecule has 2 aromatic carbocycles. The Morgan fingerprint density at radius 3 is 2.61 bits per heavy atom. The van der Waals surface area contributed by atoms with Crippen LogP contribution >= 0.6 is 0 Å². The van der Waals surface area contributed by atoms with E-state index in [-0.39, 0.29) is 5.82 Å². The molecule has 146 valence electrons. The molecule has 0 atom stereocenters. The van der Waals surface area contributed by atoms with E-state index in [1.54, 1.807) is 19.2 Å². The standard InChI is InChI=1S/C23H26FN3O/c1-17-5-3-8-21(13-17)27-16-19(15-26-11-9-22(28-2)10-12-26)23(25-27)18-6-4-7-20(24)14-18/h3-8,13-14,16,22H,9-12,15H2,1-2H3. The molecule has 4 nitrogen and oxygen atoms in total. The van der Waals surface area contributed by atoms with Crippen LogP contribution in [0.1, 0.15) is 24.0 Å². The molecule has 1 aliphatic heterocycles. The fourth-order valence-corrected chi connectivity index (χ4v) is 3.85. The number of aryl methyl sites for hydroxylation is 1. The number of benzene rings is 2. The van der Waals surface area contributed by atoms with Crippen LogP contribution in [0.3, 0.4) is 0 Å². The van der Waals surface area contributed by atoms with Gasteiger partial charge in [-0.3, -0.25) is 4.90 Å². The number of hydrogen-bond acceptors (Lipinski definition) is 3. The largest absolute Gasteiger partial charge is 0.381 e. The smallest absolute Gasteiger partial charge is 0.123 e. The Morgan fingerprint density at radius 1 is 1.11 bits per heavy atom. The topological polar surface area (TPSA) is 30.3 Å². The molecule has 0 N–H and O–H groups in total. The highest BCUT2D eigenvalue weighted by Crippen LogP contribution is 2.27. The minimum Gasteiger partial charge on any atom is -0.381 e. The van der Waals surface area contributed by atoms with Crippen molar-refractivity contribution in [3.63, 3.8) is 0 Å². The van der Waals surface area contributed by atoms with Crippen molar-refractivity contribution in [1.82, 2.24) is 14.7 Å². The molecule has 2 heterocycles. The predicted molar refractivity (Wildman–Crippen MR) is 109 cm³/mol. The number of hydrogen-bond donors (Lipinski definition) is 0. The Balaban J connectivity index is 1.67. The maximum absolute atomic E-state index is 13.8. The average Bonchev–Trinajstić information content (AvgIpc) is 3.12. The monoisotopic (exact) mass is 379 g/mol. The van der Waals surface area contributed by atoms with Gasteiger partial charge in [0.15, 0.2) is 0 Å². The van der Waals surface area contributed by atoms with E-state index in [0.29, 0.717) is 6.10 Å². The molecule has 0 bridgehead atoms. The van der Waals surface area contributed by atoms with Gasteiger partial charge in [0.1, 0.15) is 5.82 Å². The van der Waals surface area contributed by atoms with Crippen molar-refractivity contribution >= 4 is 0 Å². The molecule has 0 aliphatic carbocycles. The van der Waals surface area contributed by atoms with Gasteiger partial charge in [-0.1, -0.05) is 24.3 Å². The number of halogens is 1. The molecule has 4 rings (SSSR count). The lowest BCUT2D eigenvalue weighted by molar-refractivity contribution is 0.0389. The van der Waals surface area contributed by atoms with E-state index in [0.717, 1.165) is 55.0 Å². The highest BCUT2D eigenvalue weighted by atomic mass is 19.1. The summed E-state index contributed by atoms with van der Waals surface area (Å²) < 4.78 is 21.2. The quantitative estimate of drug-likeness (QED) is 0.649. The second-order valence-electron chi connectivity index (χ2n) is 7.51. The van der Waals surface area contributed by atoms with Gasteiger partial charge in [-0.15, -0.1) is 0 Å². The SMILES string of the molecule is COC1CCN(Cc2cn(-c3cccc(C)c3)nc2-c2cccc(F)c2)CC1. The number of nitrogens with zero attached hydrogens (tertiary/aromatic N) is 3.